The molecular weight excluding hydrogens is 176 g/mol. The fourth-order valence-electron chi connectivity index (χ4n) is 0.851. The molecule has 1 saturated heterocycles. The Morgan fingerprint density at radius 2 is 1.31 bits per heavy atom. The summed E-state index contributed by atoms with van der Waals surface area (Å²) in [7, 11) is 0. The van der Waals surface area contributed by atoms with Crippen molar-refractivity contribution in [1.29, 1.82) is 0 Å². The van der Waals surface area contributed by atoms with Crippen LogP contribution in [0.25, 0.3) is 0 Å². The number of cyclic esters (lactones) is 1. The largest absolute Gasteiger partial charge is 0.462 e. The van der Waals surface area contributed by atoms with Gasteiger partial charge in [0.05, 0.1) is 33.0 Å². The van der Waals surface area contributed by atoms with Crippen LogP contribution >= 0.6 is 0 Å². The topological polar surface area (TPSA) is 54.0 Å². The number of carbonyl (C=O) groups is 1. The van der Waals surface area contributed by atoms with Gasteiger partial charge in [-0.25, -0.2) is 4.79 Å². The van der Waals surface area contributed by atoms with Gasteiger partial charge in [-0.15, -0.1) is 0 Å². The number of hydrogen-bond donors (Lipinski definition) is 0. The van der Waals surface area contributed by atoms with Crippen molar-refractivity contribution in [3.63, 3.8) is 0 Å². The summed E-state index contributed by atoms with van der Waals surface area (Å²) in [4.78, 5) is 10.9. The monoisotopic (exact) mass is 190 g/mol. The van der Waals surface area contributed by atoms with Crippen molar-refractivity contribution in [2.45, 2.75) is 0 Å². The van der Waals surface area contributed by atoms with Gasteiger partial charge >= 0.3 is 5.97 Å². The van der Waals surface area contributed by atoms with Crippen molar-refractivity contribution in [2.24, 2.45) is 0 Å². The van der Waals surface area contributed by atoms with E-state index in [4.69, 9.17) is 18.9 Å². The van der Waals surface area contributed by atoms with Crippen LogP contribution in [0.3, 0.4) is 0 Å². The van der Waals surface area contributed by atoms with Crippen molar-refractivity contribution < 1.29 is 23.7 Å². The number of rotatable bonds is 0. The molecule has 1 aliphatic heterocycles. The van der Waals surface area contributed by atoms with Gasteiger partial charge in [0.2, 0.25) is 0 Å². The number of carbonyl (C=O) groups excluding carboxylic acids is 1. The lowest BCUT2D eigenvalue weighted by Crippen LogP contribution is -2.20. The zero-order valence-corrected chi connectivity index (χ0v) is 7.49. The fourth-order valence-corrected chi connectivity index (χ4v) is 0.851. The van der Waals surface area contributed by atoms with Gasteiger partial charge < -0.3 is 18.9 Å². The minimum absolute atomic E-state index is 0.0106. The standard InChI is InChI=1S/C8H14O5/c9-8-7-12-4-3-10-1-2-11-5-6-13-8/h1-7H2. The molecule has 13 heavy (non-hydrogen) atoms. The molecule has 1 aliphatic rings. The molecule has 0 spiro atoms. The van der Waals surface area contributed by atoms with Gasteiger partial charge in [0.1, 0.15) is 13.2 Å². The van der Waals surface area contributed by atoms with Crippen LogP contribution in [-0.2, 0) is 23.7 Å². The Morgan fingerprint density at radius 1 is 0.769 bits per heavy atom. The molecule has 5 heteroatoms. The highest BCUT2D eigenvalue weighted by atomic mass is 16.6. The molecule has 0 aromatic carbocycles. The van der Waals surface area contributed by atoms with Gasteiger partial charge in [-0.05, 0) is 0 Å². The summed E-state index contributed by atoms with van der Waals surface area (Å²) in [6.45, 7) is 2.65. The van der Waals surface area contributed by atoms with E-state index in [9.17, 15) is 4.79 Å². The van der Waals surface area contributed by atoms with Crippen LogP contribution in [0.15, 0.2) is 0 Å². The number of ether oxygens (including phenoxy) is 4. The predicted octanol–water partition coefficient (Wildman–Crippen LogP) is -0.407. The van der Waals surface area contributed by atoms with E-state index in [0.717, 1.165) is 0 Å². The van der Waals surface area contributed by atoms with E-state index in [2.05, 4.69) is 0 Å². The van der Waals surface area contributed by atoms with E-state index in [1.807, 2.05) is 0 Å². The maximum atomic E-state index is 10.9. The van der Waals surface area contributed by atoms with Crippen LogP contribution in [0.2, 0.25) is 0 Å². The molecule has 0 radical (unpaired) electrons. The molecule has 1 rings (SSSR count). The molecule has 0 N–H and O–H groups in total. The van der Waals surface area contributed by atoms with Gasteiger partial charge in [0, 0.05) is 0 Å². The third-order valence-electron chi connectivity index (χ3n) is 1.45. The summed E-state index contributed by atoms with van der Waals surface area (Å²) in [5, 5.41) is 0. The van der Waals surface area contributed by atoms with Crippen molar-refractivity contribution in [1.82, 2.24) is 0 Å². The molecular formula is C8H14O5. The van der Waals surface area contributed by atoms with Gasteiger partial charge in [-0.1, -0.05) is 0 Å². The summed E-state index contributed by atoms with van der Waals surface area (Å²) in [6, 6.07) is 0. The van der Waals surface area contributed by atoms with Gasteiger partial charge in [0.15, 0.2) is 0 Å². The molecule has 76 valence electrons. The lowest BCUT2D eigenvalue weighted by Gasteiger charge is -2.09. The van der Waals surface area contributed by atoms with Crippen molar-refractivity contribution >= 4 is 5.97 Å². The van der Waals surface area contributed by atoms with Crippen LogP contribution in [0.1, 0.15) is 0 Å². The second kappa shape index (κ2) is 6.82. The Hall–Kier alpha value is -0.650. The Bertz CT molecular complexity index is 133. The third kappa shape index (κ3) is 5.57. The second-order valence-corrected chi connectivity index (χ2v) is 2.50. The molecule has 0 aromatic rings. The molecule has 0 aliphatic carbocycles. The summed E-state index contributed by atoms with van der Waals surface area (Å²) in [5.41, 5.74) is 0. The molecule has 0 unspecified atom stereocenters. The number of esters is 1. The van der Waals surface area contributed by atoms with E-state index in [-0.39, 0.29) is 19.2 Å². The van der Waals surface area contributed by atoms with Crippen molar-refractivity contribution in [3.8, 4) is 0 Å². The van der Waals surface area contributed by atoms with Crippen molar-refractivity contribution in [2.75, 3.05) is 46.2 Å². The average molecular weight is 190 g/mol. The fraction of sp³-hybridized carbons (Fsp3) is 0.875. The Morgan fingerprint density at radius 3 is 2.00 bits per heavy atom. The maximum Gasteiger partial charge on any atom is 0.332 e. The second-order valence-electron chi connectivity index (χ2n) is 2.50. The molecule has 0 aromatic heterocycles. The van der Waals surface area contributed by atoms with Crippen LogP contribution in [-0.4, -0.2) is 52.2 Å². The average Bonchev–Trinajstić information content (AvgIpc) is 2.11. The van der Waals surface area contributed by atoms with Gasteiger partial charge in [-0.3, -0.25) is 0 Å². The first-order chi connectivity index (χ1) is 6.39. The SMILES string of the molecule is O=C1COCCOCCOCCO1. The first-order valence-electron chi connectivity index (χ1n) is 4.28. The Labute approximate surface area is 76.9 Å². The summed E-state index contributed by atoms with van der Waals surface area (Å²) in [6.07, 6.45) is 0. The van der Waals surface area contributed by atoms with E-state index in [1.54, 1.807) is 0 Å². The molecule has 0 bridgehead atoms. The third-order valence-corrected chi connectivity index (χ3v) is 1.45. The molecule has 0 saturated carbocycles. The normalized spacial score (nSPS) is 22.6. The maximum absolute atomic E-state index is 10.9. The van der Waals surface area contributed by atoms with Crippen LogP contribution in [0, 0.1) is 0 Å². The Balaban J connectivity index is 2.14. The highest BCUT2D eigenvalue weighted by Crippen LogP contribution is 1.87. The highest BCUT2D eigenvalue weighted by molar-refractivity contribution is 5.70. The van der Waals surface area contributed by atoms with E-state index in [0.29, 0.717) is 33.0 Å². The molecule has 1 fully saturated rings. The zero-order valence-electron chi connectivity index (χ0n) is 7.49. The van der Waals surface area contributed by atoms with E-state index >= 15 is 0 Å². The first kappa shape index (κ1) is 10.4. The highest BCUT2D eigenvalue weighted by Gasteiger charge is 2.03. The zero-order chi connectivity index (χ0) is 9.36. The predicted molar refractivity (Wildman–Crippen MR) is 43.4 cm³/mol. The molecule has 0 atom stereocenters. The smallest absolute Gasteiger partial charge is 0.332 e. The Kier molecular flexibility index (Phi) is 5.47. The van der Waals surface area contributed by atoms with Crippen molar-refractivity contribution in [3.05, 3.63) is 0 Å². The minimum Gasteiger partial charge on any atom is -0.462 e. The van der Waals surface area contributed by atoms with Crippen LogP contribution in [0.5, 0.6) is 0 Å². The lowest BCUT2D eigenvalue weighted by molar-refractivity contribution is -0.152. The summed E-state index contributed by atoms with van der Waals surface area (Å²) in [5.74, 6) is -0.357. The van der Waals surface area contributed by atoms with Crippen LogP contribution in [0.4, 0.5) is 0 Å². The van der Waals surface area contributed by atoms with E-state index in [1.165, 1.54) is 0 Å². The van der Waals surface area contributed by atoms with Gasteiger partial charge in [0.25, 0.3) is 0 Å². The lowest BCUT2D eigenvalue weighted by atomic mass is 10.6. The van der Waals surface area contributed by atoms with Gasteiger partial charge in [-0.2, -0.15) is 0 Å². The minimum atomic E-state index is -0.357. The summed E-state index contributed by atoms with van der Waals surface area (Å²) >= 11 is 0. The first-order valence-corrected chi connectivity index (χ1v) is 4.28. The van der Waals surface area contributed by atoms with E-state index < -0.39 is 0 Å². The molecule has 5 nitrogen and oxygen atoms in total. The van der Waals surface area contributed by atoms with Crippen LogP contribution < -0.4 is 0 Å². The number of hydrogen-bond acceptors (Lipinski definition) is 5. The molecule has 1 heterocycles. The molecule has 0 amide bonds. The summed E-state index contributed by atoms with van der Waals surface area (Å²) < 4.78 is 20.0. The quantitative estimate of drug-likeness (QED) is 0.486.